The number of allylic oxidation sites excluding steroid dienone is 2. The molecule has 0 fully saturated rings. The molecule has 0 aromatic rings. The Labute approximate surface area is 88.6 Å². The number of hydrogen-bond donors (Lipinski definition) is 0. The van der Waals surface area contributed by atoms with Gasteiger partial charge in [-0.1, -0.05) is 38.8 Å². The molecule has 0 aliphatic rings. The second kappa shape index (κ2) is 6.00. The molecule has 0 heterocycles. The van der Waals surface area contributed by atoms with Crippen molar-refractivity contribution in [2.75, 3.05) is 0 Å². The molecule has 0 aliphatic carbocycles. The number of carbonyl (C=O) groups is 1. The van der Waals surface area contributed by atoms with E-state index in [-0.39, 0.29) is 11.2 Å². The van der Waals surface area contributed by atoms with E-state index in [0.717, 1.165) is 6.42 Å². The molecule has 0 aromatic heterocycles. The summed E-state index contributed by atoms with van der Waals surface area (Å²) in [7, 11) is 0. The van der Waals surface area contributed by atoms with E-state index < -0.39 is 0 Å². The topological polar surface area (TPSA) is 17.1 Å². The highest BCUT2D eigenvalue weighted by atomic mass is 16.1. The molecule has 0 saturated heterocycles. The summed E-state index contributed by atoms with van der Waals surface area (Å²) in [6.07, 6.45) is 6.55. The van der Waals surface area contributed by atoms with Gasteiger partial charge in [-0.05, 0) is 32.1 Å². The van der Waals surface area contributed by atoms with Gasteiger partial charge in [0.1, 0.15) is 5.78 Å². The molecule has 0 aromatic carbocycles. The van der Waals surface area contributed by atoms with Crippen LogP contribution in [0.5, 0.6) is 0 Å². The summed E-state index contributed by atoms with van der Waals surface area (Å²) in [6, 6.07) is 0. The van der Waals surface area contributed by atoms with Crippen LogP contribution in [-0.4, -0.2) is 5.78 Å². The summed E-state index contributed by atoms with van der Waals surface area (Å²) >= 11 is 0. The lowest BCUT2D eigenvalue weighted by Gasteiger charge is -2.19. The van der Waals surface area contributed by atoms with E-state index in [9.17, 15) is 4.79 Å². The van der Waals surface area contributed by atoms with Crippen molar-refractivity contribution < 1.29 is 4.79 Å². The van der Waals surface area contributed by atoms with Crippen molar-refractivity contribution in [3.63, 3.8) is 0 Å². The third kappa shape index (κ3) is 6.88. The highest BCUT2D eigenvalue weighted by Gasteiger charge is 2.16. The highest BCUT2D eigenvalue weighted by Crippen LogP contribution is 2.25. The largest absolute Gasteiger partial charge is 0.300 e. The van der Waals surface area contributed by atoms with Crippen LogP contribution >= 0.6 is 0 Å². The molecule has 1 nitrogen and oxygen atoms in total. The predicted octanol–water partition coefficient (Wildman–Crippen LogP) is 4.13. The minimum Gasteiger partial charge on any atom is -0.300 e. The van der Waals surface area contributed by atoms with E-state index in [1.807, 2.05) is 0 Å². The SMILES string of the molecule is CCCC/C(C)=C/C(C)(C)CC(C)=O. The standard InChI is InChI=1S/C13H24O/c1-6-7-8-11(2)9-13(4,5)10-12(3)14/h9H,6-8,10H2,1-5H3/b11-9+. The fraction of sp³-hybridized carbons (Fsp3) is 0.769. The normalized spacial score (nSPS) is 13.1. The molecule has 0 radical (unpaired) electrons. The van der Waals surface area contributed by atoms with Crippen molar-refractivity contribution in [2.24, 2.45) is 5.41 Å². The van der Waals surface area contributed by atoms with Gasteiger partial charge >= 0.3 is 0 Å². The zero-order chi connectivity index (χ0) is 11.2. The first-order valence-electron chi connectivity index (χ1n) is 5.55. The predicted molar refractivity (Wildman–Crippen MR) is 62.4 cm³/mol. The Morgan fingerprint density at radius 3 is 2.29 bits per heavy atom. The first kappa shape index (κ1) is 13.4. The van der Waals surface area contributed by atoms with Crippen LogP contribution in [0, 0.1) is 5.41 Å². The van der Waals surface area contributed by atoms with Gasteiger partial charge in [-0.25, -0.2) is 0 Å². The Morgan fingerprint density at radius 1 is 1.29 bits per heavy atom. The number of Topliss-reactive ketones (excluding diaryl/α,β-unsaturated/α-hetero) is 1. The van der Waals surface area contributed by atoms with E-state index in [4.69, 9.17) is 0 Å². The zero-order valence-electron chi connectivity index (χ0n) is 10.3. The Hall–Kier alpha value is -0.590. The Balaban J connectivity index is 4.22. The third-order valence-electron chi connectivity index (χ3n) is 2.27. The smallest absolute Gasteiger partial charge is 0.130 e. The van der Waals surface area contributed by atoms with Crippen molar-refractivity contribution >= 4 is 5.78 Å². The van der Waals surface area contributed by atoms with Crippen LogP contribution in [0.4, 0.5) is 0 Å². The summed E-state index contributed by atoms with van der Waals surface area (Å²) in [5.74, 6) is 0.273. The lowest BCUT2D eigenvalue weighted by molar-refractivity contribution is -0.118. The molecule has 0 rings (SSSR count). The van der Waals surface area contributed by atoms with Crippen molar-refractivity contribution in [1.29, 1.82) is 0 Å². The number of carbonyl (C=O) groups excluding carboxylic acids is 1. The number of unbranched alkanes of at least 4 members (excludes halogenated alkanes) is 1. The number of hydrogen-bond acceptors (Lipinski definition) is 1. The van der Waals surface area contributed by atoms with Gasteiger partial charge in [-0.3, -0.25) is 4.79 Å². The van der Waals surface area contributed by atoms with Crippen LogP contribution in [0.2, 0.25) is 0 Å². The summed E-state index contributed by atoms with van der Waals surface area (Å²) in [5.41, 5.74) is 1.45. The van der Waals surface area contributed by atoms with E-state index in [1.165, 1.54) is 18.4 Å². The maximum atomic E-state index is 11.0. The second-order valence-corrected chi connectivity index (χ2v) is 4.96. The average molecular weight is 196 g/mol. The molecule has 0 unspecified atom stereocenters. The molecule has 14 heavy (non-hydrogen) atoms. The Bertz CT molecular complexity index is 211. The van der Waals surface area contributed by atoms with Crippen molar-refractivity contribution in [1.82, 2.24) is 0 Å². The lowest BCUT2D eigenvalue weighted by atomic mass is 9.85. The summed E-state index contributed by atoms with van der Waals surface area (Å²) in [6.45, 7) is 10.3. The fourth-order valence-electron chi connectivity index (χ4n) is 1.89. The molecular formula is C13H24O. The average Bonchev–Trinajstić information content (AvgIpc) is 1.96. The quantitative estimate of drug-likeness (QED) is 0.584. The first-order chi connectivity index (χ1) is 6.37. The van der Waals surface area contributed by atoms with Gasteiger partial charge in [-0.15, -0.1) is 0 Å². The van der Waals surface area contributed by atoms with Gasteiger partial charge in [0.25, 0.3) is 0 Å². The highest BCUT2D eigenvalue weighted by molar-refractivity contribution is 5.76. The van der Waals surface area contributed by atoms with Crippen LogP contribution in [0.15, 0.2) is 11.6 Å². The summed E-state index contributed by atoms with van der Waals surface area (Å²) in [5, 5.41) is 0. The van der Waals surface area contributed by atoms with E-state index >= 15 is 0 Å². The van der Waals surface area contributed by atoms with Crippen LogP contribution in [0.1, 0.15) is 60.3 Å². The van der Waals surface area contributed by atoms with Crippen molar-refractivity contribution in [2.45, 2.75) is 60.3 Å². The maximum absolute atomic E-state index is 11.0. The van der Waals surface area contributed by atoms with Gasteiger partial charge in [0.15, 0.2) is 0 Å². The first-order valence-corrected chi connectivity index (χ1v) is 5.55. The molecule has 0 N–H and O–H groups in total. The van der Waals surface area contributed by atoms with Crippen LogP contribution < -0.4 is 0 Å². The molecule has 82 valence electrons. The van der Waals surface area contributed by atoms with Crippen molar-refractivity contribution in [3.8, 4) is 0 Å². The van der Waals surface area contributed by atoms with E-state index in [1.54, 1.807) is 6.92 Å². The summed E-state index contributed by atoms with van der Waals surface area (Å²) < 4.78 is 0. The zero-order valence-corrected chi connectivity index (χ0v) is 10.3. The Kier molecular flexibility index (Phi) is 5.75. The molecular weight excluding hydrogens is 172 g/mol. The van der Waals surface area contributed by atoms with Gasteiger partial charge in [-0.2, -0.15) is 0 Å². The van der Waals surface area contributed by atoms with Crippen LogP contribution in [0.25, 0.3) is 0 Å². The molecule has 0 bridgehead atoms. The molecule has 0 spiro atoms. The fourth-order valence-corrected chi connectivity index (χ4v) is 1.89. The third-order valence-corrected chi connectivity index (χ3v) is 2.27. The van der Waals surface area contributed by atoms with E-state index in [2.05, 4.69) is 33.8 Å². The van der Waals surface area contributed by atoms with Crippen molar-refractivity contribution in [3.05, 3.63) is 11.6 Å². The molecule has 1 heteroatoms. The maximum Gasteiger partial charge on any atom is 0.130 e. The molecule has 0 saturated carbocycles. The number of rotatable bonds is 6. The number of ketones is 1. The van der Waals surface area contributed by atoms with Gasteiger partial charge in [0.2, 0.25) is 0 Å². The minimum atomic E-state index is 0.0314. The van der Waals surface area contributed by atoms with Gasteiger partial charge < -0.3 is 0 Å². The van der Waals surface area contributed by atoms with Gasteiger partial charge in [0, 0.05) is 6.42 Å². The van der Waals surface area contributed by atoms with E-state index in [0.29, 0.717) is 6.42 Å². The lowest BCUT2D eigenvalue weighted by Crippen LogP contribution is -2.12. The summed E-state index contributed by atoms with van der Waals surface area (Å²) in [4.78, 5) is 11.0. The van der Waals surface area contributed by atoms with Gasteiger partial charge in [0.05, 0.1) is 0 Å². The molecule has 0 aliphatic heterocycles. The minimum absolute atomic E-state index is 0.0314. The monoisotopic (exact) mass is 196 g/mol. The molecule has 0 amide bonds. The van der Waals surface area contributed by atoms with Crippen LogP contribution in [-0.2, 0) is 4.79 Å². The molecule has 0 atom stereocenters. The Morgan fingerprint density at radius 2 is 1.86 bits per heavy atom. The second-order valence-electron chi connectivity index (χ2n) is 4.96. The van der Waals surface area contributed by atoms with Crippen LogP contribution in [0.3, 0.4) is 0 Å².